The van der Waals surface area contributed by atoms with Crippen LogP contribution in [0, 0.1) is 5.92 Å². The van der Waals surface area contributed by atoms with Crippen LogP contribution in [0.5, 0.6) is 0 Å². The SMILES string of the molecule is CNC(C)CC(C)N(C)CC1CC1. The van der Waals surface area contributed by atoms with E-state index >= 15 is 0 Å². The molecule has 2 unspecified atom stereocenters. The van der Waals surface area contributed by atoms with Crippen molar-refractivity contribution in [1.82, 2.24) is 10.2 Å². The third-order valence-corrected chi connectivity index (χ3v) is 3.18. The maximum absolute atomic E-state index is 3.29. The van der Waals surface area contributed by atoms with Crippen molar-refractivity contribution < 1.29 is 0 Å². The molecule has 1 aliphatic carbocycles. The van der Waals surface area contributed by atoms with Crippen molar-refractivity contribution in [3.63, 3.8) is 0 Å². The van der Waals surface area contributed by atoms with Crippen LogP contribution >= 0.6 is 0 Å². The van der Waals surface area contributed by atoms with E-state index in [2.05, 4.69) is 31.1 Å². The normalized spacial score (nSPS) is 21.9. The van der Waals surface area contributed by atoms with Gasteiger partial charge >= 0.3 is 0 Å². The molecule has 0 aromatic carbocycles. The molecule has 1 saturated carbocycles. The Bertz CT molecular complexity index is 143. The van der Waals surface area contributed by atoms with E-state index in [-0.39, 0.29) is 0 Å². The standard InChI is InChI=1S/C11H24N2/c1-9(12-3)7-10(2)13(4)8-11-5-6-11/h9-12H,5-8H2,1-4H3. The second-order valence-electron chi connectivity index (χ2n) is 4.66. The first-order valence-corrected chi connectivity index (χ1v) is 5.51. The fourth-order valence-corrected chi connectivity index (χ4v) is 1.70. The van der Waals surface area contributed by atoms with E-state index in [9.17, 15) is 0 Å². The number of nitrogens with one attached hydrogen (secondary N) is 1. The van der Waals surface area contributed by atoms with Gasteiger partial charge < -0.3 is 10.2 Å². The van der Waals surface area contributed by atoms with Crippen LogP contribution in [0.4, 0.5) is 0 Å². The quantitative estimate of drug-likeness (QED) is 0.676. The Morgan fingerprint density at radius 2 is 2.00 bits per heavy atom. The minimum Gasteiger partial charge on any atom is -0.317 e. The van der Waals surface area contributed by atoms with Crippen molar-refractivity contribution in [2.24, 2.45) is 5.92 Å². The van der Waals surface area contributed by atoms with Crippen molar-refractivity contribution in [3.8, 4) is 0 Å². The lowest BCUT2D eigenvalue weighted by molar-refractivity contribution is 0.224. The van der Waals surface area contributed by atoms with Gasteiger partial charge in [-0.3, -0.25) is 0 Å². The Morgan fingerprint density at radius 3 is 2.46 bits per heavy atom. The number of hydrogen-bond acceptors (Lipinski definition) is 2. The molecule has 0 heterocycles. The van der Waals surface area contributed by atoms with Gasteiger partial charge in [0.05, 0.1) is 0 Å². The number of hydrogen-bond donors (Lipinski definition) is 1. The summed E-state index contributed by atoms with van der Waals surface area (Å²) in [6.07, 6.45) is 4.16. The third kappa shape index (κ3) is 4.10. The average molecular weight is 184 g/mol. The highest BCUT2D eigenvalue weighted by Gasteiger charge is 2.24. The van der Waals surface area contributed by atoms with E-state index < -0.39 is 0 Å². The summed E-state index contributed by atoms with van der Waals surface area (Å²) in [5.74, 6) is 1.01. The van der Waals surface area contributed by atoms with Gasteiger partial charge in [0, 0.05) is 18.6 Å². The van der Waals surface area contributed by atoms with E-state index in [0.29, 0.717) is 12.1 Å². The Hall–Kier alpha value is -0.0800. The summed E-state index contributed by atoms with van der Waals surface area (Å²) >= 11 is 0. The maximum Gasteiger partial charge on any atom is 0.00786 e. The molecule has 2 nitrogen and oxygen atoms in total. The lowest BCUT2D eigenvalue weighted by atomic mass is 10.1. The number of rotatable bonds is 6. The van der Waals surface area contributed by atoms with Gasteiger partial charge in [-0.05, 0) is 53.1 Å². The zero-order valence-corrected chi connectivity index (χ0v) is 9.51. The molecule has 1 aliphatic rings. The van der Waals surface area contributed by atoms with E-state index in [1.54, 1.807) is 0 Å². The minimum absolute atomic E-state index is 0.636. The Morgan fingerprint density at radius 1 is 1.38 bits per heavy atom. The largest absolute Gasteiger partial charge is 0.317 e. The van der Waals surface area contributed by atoms with Crippen LogP contribution in [-0.4, -0.2) is 37.6 Å². The van der Waals surface area contributed by atoms with E-state index in [4.69, 9.17) is 0 Å². The molecule has 0 radical (unpaired) electrons. The Balaban J connectivity index is 2.15. The van der Waals surface area contributed by atoms with Crippen molar-refractivity contribution in [3.05, 3.63) is 0 Å². The molecular weight excluding hydrogens is 160 g/mol. The van der Waals surface area contributed by atoms with Gasteiger partial charge in [0.25, 0.3) is 0 Å². The van der Waals surface area contributed by atoms with E-state index in [1.165, 1.54) is 25.8 Å². The second kappa shape index (κ2) is 4.97. The summed E-state index contributed by atoms with van der Waals surface area (Å²) in [6.45, 7) is 5.88. The summed E-state index contributed by atoms with van der Waals surface area (Å²) in [5, 5.41) is 3.29. The molecule has 0 bridgehead atoms. The summed E-state index contributed by atoms with van der Waals surface area (Å²) < 4.78 is 0. The van der Waals surface area contributed by atoms with Gasteiger partial charge in [0.15, 0.2) is 0 Å². The minimum atomic E-state index is 0.636. The van der Waals surface area contributed by atoms with Gasteiger partial charge in [-0.15, -0.1) is 0 Å². The summed E-state index contributed by atoms with van der Waals surface area (Å²) in [7, 11) is 4.30. The van der Waals surface area contributed by atoms with Gasteiger partial charge in [0.2, 0.25) is 0 Å². The molecule has 1 N–H and O–H groups in total. The molecule has 2 heteroatoms. The van der Waals surface area contributed by atoms with Crippen molar-refractivity contribution in [2.45, 2.75) is 45.2 Å². The van der Waals surface area contributed by atoms with Crippen LogP contribution < -0.4 is 5.32 Å². The van der Waals surface area contributed by atoms with Crippen molar-refractivity contribution in [2.75, 3.05) is 20.6 Å². The molecule has 0 aliphatic heterocycles. The summed E-state index contributed by atoms with van der Waals surface area (Å²) in [6, 6.07) is 1.35. The summed E-state index contributed by atoms with van der Waals surface area (Å²) in [5.41, 5.74) is 0. The molecule has 2 atom stereocenters. The first-order chi connectivity index (χ1) is 6.13. The highest BCUT2D eigenvalue weighted by Crippen LogP contribution is 2.30. The monoisotopic (exact) mass is 184 g/mol. The lowest BCUT2D eigenvalue weighted by Crippen LogP contribution is -2.36. The molecule has 0 aromatic rings. The van der Waals surface area contributed by atoms with Crippen LogP contribution in [-0.2, 0) is 0 Å². The topological polar surface area (TPSA) is 15.3 Å². The second-order valence-corrected chi connectivity index (χ2v) is 4.66. The van der Waals surface area contributed by atoms with Gasteiger partial charge in [-0.1, -0.05) is 0 Å². The average Bonchev–Trinajstić information content (AvgIpc) is 2.87. The molecule has 0 amide bonds. The smallest absolute Gasteiger partial charge is 0.00786 e. The van der Waals surface area contributed by atoms with Gasteiger partial charge in [-0.2, -0.15) is 0 Å². The molecule has 78 valence electrons. The van der Waals surface area contributed by atoms with Crippen LogP contribution in [0.2, 0.25) is 0 Å². The zero-order valence-electron chi connectivity index (χ0n) is 9.51. The highest BCUT2D eigenvalue weighted by atomic mass is 15.1. The van der Waals surface area contributed by atoms with Gasteiger partial charge in [0.1, 0.15) is 0 Å². The first-order valence-electron chi connectivity index (χ1n) is 5.51. The van der Waals surface area contributed by atoms with Crippen LogP contribution in [0.15, 0.2) is 0 Å². The molecule has 0 spiro atoms. The van der Waals surface area contributed by atoms with Crippen molar-refractivity contribution in [1.29, 1.82) is 0 Å². The molecule has 13 heavy (non-hydrogen) atoms. The van der Waals surface area contributed by atoms with Crippen LogP contribution in [0.1, 0.15) is 33.1 Å². The molecule has 0 aromatic heterocycles. The van der Waals surface area contributed by atoms with Crippen molar-refractivity contribution >= 4 is 0 Å². The zero-order chi connectivity index (χ0) is 9.84. The maximum atomic E-state index is 3.29. The molecule has 1 rings (SSSR count). The molecule has 0 saturated heterocycles. The first kappa shape index (κ1) is 11.0. The molecular formula is C11H24N2. The summed E-state index contributed by atoms with van der Waals surface area (Å²) in [4.78, 5) is 2.51. The Kier molecular flexibility index (Phi) is 4.20. The fraction of sp³-hybridized carbons (Fsp3) is 1.00. The lowest BCUT2D eigenvalue weighted by Gasteiger charge is -2.26. The van der Waals surface area contributed by atoms with Crippen LogP contribution in [0.3, 0.4) is 0 Å². The van der Waals surface area contributed by atoms with E-state index in [1.807, 2.05) is 7.05 Å². The molecule has 1 fully saturated rings. The van der Waals surface area contributed by atoms with Gasteiger partial charge in [-0.25, -0.2) is 0 Å². The third-order valence-electron chi connectivity index (χ3n) is 3.18. The Labute approximate surface area is 82.7 Å². The van der Waals surface area contributed by atoms with E-state index in [0.717, 1.165) is 5.92 Å². The van der Waals surface area contributed by atoms with Crippen LogP contribution in [0.25, 0.3) is 0 Å². The predicted octanol–water partition coefficient (Wildman–Crippen LogP) is 1.71. The fourth-order valence-electron chi connectivity index (χ4n) is 1.70. The predicted molar refractivity (Wildman–Crippen MR) is 58.0 cm³/mol. The number of nitrogens with zero attached hydrogens (tertiary/aromatic N) is 1. The highest BCUT2D eigenvalue weighted by molar-refractivity contribution is 4.79.